The molecule has 0 spiro atoms. The van der Waals surface area contributed by atoms with Crippen LogP contribution in [-0.2, 0) is 16.1 Å². The Morgan fingerprint density at radius 2 is 2.00 bits per heavy atom. The number of halogens is 1. The number of anilines is 1. The fourth-order valence-electron chi connectivity index (χ4n) is 4.33. The molecule has 3 aromatic rings. The molecule has 0 aliphatic carbocycles. The topological polar surface area (TPSA) is 121 Å². The highest BCUT2D eigenvalue weighted by atomic mass is 19.1. The average molecular weight is 450 g/mol. The number of aromatic nitrogens is 1. The summed E-state index contributed by atoms with van der Waals surface area (Å²) in [5, 5.41) is 5.48. The number of imide groups is 1. The number of benzene rings is 2. The van der Waals surface area contributed by atoms with Crippen molar-refractivity contribution in [2.24, 2.45) is 0 Å². The van der Waals surface area contributed by atoms with E-state index >= 15 is 0 Å². The van der Waals surface area contributed by atoms with E-state index in [1.807, 2.05) is 0 Å². The van der Waals surface area contributed by atoms with Gasteiger partial charge in [-0.25, -0.2) is 4.39 Å². The molecule has 2 aromatic carbocycles. The molecular weight excluding hydrogens is 431 g/mol. The largest absolute Gasteiger partial charge is 0.493 e. The van der Waals surface area contributed by atoms with Crippen molar-refractivity contribution in [2.75, 3.05) is 12.4 Å². The van der Waals surface area contributed by atoms with Gasteiger partial charge in [0.1, 0.15) is 11.7 Å². The van der Waals surface area contributed by atoms with E-state index in [0.29, 0.717) is 27.7 Å². The second-order valence-corrected chi connectivity index (χ2v) is 7.95. The van der Waals surface area contributed by atoms with Crippen molar-refractivity contribution >= 4 is 40.2 Å². The summed E-state index contributed by atoms with van der Waals surface area (Å²) in [6, 6.07) is 8.46. The van der Waals surface area contributed by atoms with Crippen LogP contribution in [0.1, 0.15) is 39.3 Å². The molecule has 1 saturated heterocycles. The van der Waals surface area contributed by atoms with Gasteiger partial charge < -0.3 is 19.9 Å². The Morgan fingerprint density at radius 3 is 2.76 bits per heavy atom. The number of ether oxygens (including phenoxy) is 1. The number of amides is 4. The molecule has 4 amide bonds. The van der Waals surface area contributed by atoms with Crippen molar-refractivity contribution in [3.8, 4) is 5.75 Å². The first-order valence-corrected chi connectivity index (χ1v) is 10.3. The summed E-state index contributed by atoms with van der Waals surface area (Å²) in [6.07, 6.45) is 0.454. The summed E-state index contributed by atoms with van der Waals surface area (Å²) in [5.41, 5.74) is 2.35. The number of fused-ring (bicyclic) bond motifs is 2. The third-order valence-electron chi connectivity index (χ3n) is 5.94. The molecule has 2 aliphatic heterocycles. The fraction of sp³-hybridized carbons (Fsp3) is 0.217. The van der Waals surface area contributed by atoms with Gasteiger partial charge in [0.25, 0.3) is 11.8 Å². The van der Waals surface area contributed by atoms with Crippen LogP contribution in [0.4, 0.5) is 10.1 Å². The van der Waals surface area contributed by atoms with Gasteiger partial charge >= 0.3 is 0 Å². The number of nitrogens with zero attached hydrogens (tertiary/aromatic N) is 1. The maximum atomic E-state index is 13.9. The van der Waals surface area contributed by atoms with E-state index in [0.717, 1.165) is 0 Å². The Kier molecular flexibility index (Phi) is 4.85. The van der Waals surface area contributed by atoms with E-state index in [2.05, 4.69) is 15.6 Å². The third kappa shape index (κ3) is 3.49. The SMILES string of the molecule is COc1c(F)ccc2[nH]c(C(=O)Nc3ccc4c(c3)CN(C3CCC(=O)NC3=O)C4=O)cc12. The van der Waals surface area contributed by atoms with Crippen molar-refractivity contribution in [2.45, 2.75) is 25.4 Å². The molecule has 5 rings (SSSR count). The molecule has 33 heavy (non-hydrogen) atoms. The van der Waals surface area contributed by atoms with E-state index in [9.17, 15) is 23.6 Å². The molecule has 1 aromatic heterocycles. The molecule has 0 radical (unpaired) electrons. The first kappa shape index (κ1) is 20.7. The van der Waals surface area contributed by atoms with E-state index in [-0.39, 0.29) is 42.6 Å². The Labute approximate surface area is 186 Å². The Morgan fingerprint density at radius 1 is 1.18 bits per heavy atom. The minimum atomic E-state index is -0.706. The number of piperidine rings is 1. The van der Waals surface area contributed by atoms with E-state index < -0.39 is 23.7 Å². The average Bonchev–Trinajstić information content (AvgIpc) is 3.35. The number of aromatic amines is 1. The van der Waals surface area contributed by atoms with Gasteiger partial charge in [-0.05, 0) is 48.4 Å². The van der Waals surface area contributed by atoms with Crippen LogP contribution in [-0.4, -0.2) is 46.7 Å². The molecule has 1 unspecified atom stereocenters. The quantitative estimate of drug-likeness (QED) is 0.527. The zero-order valence-electron chi connectivity index (χ0n) is 17.5. The zero-order valence-corrected chi connectivity index (χ0v) is 17.5. The van der Waals surface area contributed by atoms with Gasteiger partial charge in [-0.15, -0.1) is 0 Å². The number of carbonyl (C=O) groups is 4. The number of nitrogens with one attached hydrogen (secondary N) is 3. The van der Waals surface area contributed by atoms with Gasteiger partial charge in [0, 0.05) is 35.1 Å². The van der Waals surface area contributed by atoms with Gasteiger partial charge in [0.2, 0.25) is 11.8 Å². The summed E-state index contributed by atoms with van der Waals surface area (Å²) < 4.78 is 19.0. The smallest absolute Gasteiger partial charge is 0.272 e. The number of rotatable bonds is 4. The first-order chi connectivity index (χ1) is 15.9. The molecular formula is C23H19FN4O5. The van der Waals surface area contributed by atoms with Gasteiger partial charge in [0.05, 0.1) is 7.11 Å². The summed E-state index contributed by atoms with van der Waals surface area (Å²) in [7, 11) is 1.36. The Bertz CT molecular complexity index is 1350. The van der Waals surface area contributed by atoms with Crippen LogP contribution in [0.3, 0.4) is 0 Å². The molecule has 0 bridgehead atoms. The fourth-order valence-corrected chi connectivity index (χ4v) is 4.33. The molecule has 3 N–H and O–H groups in total. The van der Waals surface area contributed by atoms with Crippen molar-refractivity contribution in [1.29, 1.82) is 0 Å². The first-order valence-electron chi connectivity index (χ1n) is 10.3. The minimum Gasteiger partial charge on any atom is -0.493 e. The molecule has 0 saturated carbocycles. The van der Waals surface area contributed by atoms with Gasteiger partial charge in [-0.3, -0.25) is 24.5 Å². The number of hydrogen-bond acceptors (Lipinski definition) is 5. The highest BCUT2D eigenvalue weighted by Crippen LogP contribution is 2.31. The Hall–Kier alpha value is -4.21. The van der Waals surface area contributed by atoms with Crippen molar-refractivity contribution in [3.05, 3.63) is 59.0 Å². The number of carbonyl (C=O) groups excluding carboxylic acids is 4. The molecule has 1 fully saturated rings. The minimum absolute atomic E-state index is 0.0485. The number of hydrogen-bond donors (Lipinski definition) is 3. The molecule has 168 valence electrons. The van der Waals surface area contributed by atoms with Crippen LogP contribution in [0.15, 0.2) is 36.4 Å². The van der Waals surface area contributed by atoms with E-state index in [1.54, 1.807) is 18.2 Å². The summed E-state index contributed by atoms with van der Waals surface area (Å²) in [6.45, 7) is 0.201. The molecule has 1 atom stereocenters. The normalized spacial score (nSPS) is 17.8. The Balaban J connectivity index is 1.35. The monoisotopic (exact) mass is 450 g/mol. The van der Waals surface area contributed by atoms with Crippen LogP contribution in [0, 0.1) is 5.82 Å². The van der Waals surface area contributed by atoms with Gasteiger partial charge in [-0.1, -0.05) is 0 Å². The lowest BCUT2D eigenvalue weighted by Crippen LogP contribution is -2.52. The van der Waals surface area contributed by atoms with Gasteiger partial charge in [-0.2, -0.15) is 0 Å². The second kappa shape index (κ2) is 7.73. The molecule has 9 nitrogen and oxygen atoms in total. The molecule has 10 heteroatoms. The lowest BCUT2D eigenvalue weighted by Gasteiger charge is -2.29. The van der Waals surface area contributed by atoms with E-state index in [4.69, 9.17) is 4.74 Å². The van der Waals surface area contributed by atoms with Crippen molar-refractivity contribution < 1.29 is 28.3 Å². The summed E-state index contributed by atoms with van der Waals surface area (Å²) in [4.78, 5) is 53.5. The number of H-pyrrole nitrogens is 1. The van der Waals surface area contributed by atoms with Crippen LogP contribution in [0.5, 0.6) is 5.75 Å². The summed E-state index contributed by atoms with van der Waals surface area (Å²) in [5.74, 6) is -2.04. The standard InChI is InChI=1S/C23H19FN4O5/c1-33-20-14-9-17(26-16(14)5-4-15(20)24)21(30)25-12-2-3-13-11(8-12)10-28(23(13)32)18-6-7-19(29)27-22(18)31/h2-5,8-9,18,26H,6-7,10H2,1H3,(H,25,30)(H,27,29,31). The summed E-state index contributed by atoms with van der Waals surface area (Å²) >= 11 is 0. The third-order valence-corrected chi connectivity index (χ3v) is 5.94. The van der Waals surface area contributed by atoms with Crippen molar-refractivity contribution in [1.82, 2.24) is 15.2 Å². The van der Waals surface area contributed by atoms with Gasteiger partial charge in [0.15, 0.2) is 11.6 Å². The van der Waals surface area contributed by atoms with Crippen LogP contribution < -0.4 is 15.4 Å². The highest BCUT2D eigenvalue weighted by molar-refractivity contribution is 6.08. The maximum Gasteiger partial charge on any atom is 0.272 e. The predicted molar refractivity (Wildman–Crippen MR) is 115 cm³/mol. The molecule has 2 aliphatic rings. The zero-order chi connectivity index (χ0) is 23.3. The molecule has 3 heterocycles. The van der Waals surface area contributed by atoms with Crippen LogP contribution in [0.25, 0.3) is 10.9 Å². The van der Waals surface area contributed by atoms with Crippen molar-refractivity contribution in [3.63, 3.8) is 0 Å². The second-order valence-electron chi connectivity index (χ2n) is 7.95. The highest BCUT2D eigenvalue weighted by Gasteiger charge is 2.39. The van der Waals surface area contributed by atoms with Crippen LogP contribution >= 0.6 is 0 Å². The lowest BCUT2D eigenvalue weighted by molar-refractivity contribution is -0.136. The lowest BCUT2D eigenvalue weighted by atomic mass is 10.0. The van der Waals surface area contributed by atoms with Crippen LogP contribution in [0.2, 0.25) is 0 Å². The maximum absolute atomic E-state index is 13.9. The number of methoxy groups -OCH3 is 1. The predicted octanol–water partition coefficient (Wildman–Crippen LogP) is 2.33. The van der Waals surface area contributed by atoms with E-state index in [1.165, 1.54) is 30.2 Å².